The van der Waals surface area contributed by atoms with E-state index in [4.69, 9.17) is 4.74 Å². The normalized spacial score (nSPS) is 15.7. The number of benzene rings is 2. The van der Waals surface area contributed by atoms with E-state index < -0.39 is 29.3 Å². The van der Waals surface area contributed by atoms with Crippen molar-refractivity contribution in [3.8, 4) is 0 Å². The van der Waals surface area contributed by atoms with E-state index in [0.29, 0.717) is 11.3 Å². The van der Waals surface area contributed by atoms with E-state index in [2.05, 4.69) is 5.32 Å². The van der Waals surface area contributed by atoms with Crippen molar-refractivity contribution in [3.63, 3.8) is 0 Å². The fraction of sp³-hybridized carbons (Fsp3) is 0.286. The van der Waals surface area contributed by atoms with Crippen molar-refractivity contribution in [3.05, 3.63) is 63.7 Å². The number of nitrogens with one attached hydrogen (secondary N) is 1. The monoisotopic (exact) mass is 411 g/mol. The third-order valence-electron chi connectivity index (χ3n) is 4.84. The molecule has 0 radical (unpaired) electrons. The van der Waals surface area contributed by atoms with E-state index >= 15 is 0 Å². The lowest BCUT2D eigenvalue weighted by atomic mass is 10.1. The van der Waals surface area contributed by atoms with Crippen molar-refractivity contribution < 1.29 is 24.0 Å². The van der Waals surface area contributed by atoms with Crippen LogP contribution in [0.4, 0.5) is 17.1 Å². The molecule has 1 aliphatic rings. The van der Waals surface area contributed by atoms with Gasteiger partial charge in [-0.3, -0.25) is 24.5 Å². The molecule has 1 N–H and O–H groups in total. The number of hydrogen-bond donors (Lipinski definition) is 1. The number of nitro benzene ring substituents is 1. The number of amides is 2. The number of nitrogens with zero attached hydrogens (tertiary/aromatic N) is 2. The molecule has 0 aliphatic carbocycles. The molecule has 0 unspecified atom stereocenters. The molecule has 2 aromatic rings. The smallest absolute Gasteiger partial charge is 0.311 e. The highest BCUT2D eigenvalue weighted by atomic mass is 16.6. The van der Waals surface area contributed by atoms with Crippen LogP contribution in [0, 0.1) is 29.9 Å². The minimum absolute atomic E-state index is 0.0124. The van der Waals surface area contributed by atoms with Gasteiger partial charge < -0.3 is 15.0 Å². The molecule has 9 nitrogen and oxygen atoms in total. The van der Waals surface area contributed by atoms with Crippen molar-refractivity contribution >= 4 is 34.8 Å². The summed E-state index contributed by atoms with van der Waals surface area (Å²) in [5.41, 5.74) is 2.35. The van der Waals surface area contributed by atoms with Gasteiger partial charge in [-0.2, -0.15) is 0 Å². The molecule has 1 fully saturated rings. The van der Waals surface area contributed by atoms with Crippen LogP contribution in [-0.4, -0.2) is 35.9 Å². The van der Waals surface area contributed by atoms with E-state index in [1.165, 1.54) is 23.1 Å². The maximum Gasteiger partial charge on any atom is 0.311 e. The fourth-order valence-electron chi connectivity index (χ4n) is 3.18. The number of ether oxygens (including phenoxy) is 1. The third-order valence-corrected chi connectivity index (χ3v) is 4.84. The van der Waals surface area contributed by atoms with Crippen LogP contribution in [0.5, 0.6) is 0 Å². The Balaban J connectivity index is 1.53. The molecule has 156 valence electrons. The maximum atomic E-state index is 12.3. The standard InChI is InChI=1S/C21H21N3O6/c1-13-3-7-17(8-4-13)23-11-15(9-20(23)26)21(27)30-12-19(25)22-16-6-5-14(2)18(10-16)24(28)29/h3-8,10,15H,9,11-12H2,1-2H3,(H,22,25)/t15-/m0/s1. The third kappa shape index (κ3) is 4.80. The van der Waals surface area contributed by atoms with Gasteiger partial charge in [0.25, 0.3) is 11.6 Å². The predicted octanol–water partition coefficient (Wildman–Crippen LogP) is 2.75. The van der Waals surface area contributed by atoms with Gasteiger partial charge in [-0.05, 0) is 32.0 Å². The van der Waals surface area contributed by atoms with E-state index in [1.807, 2.05) is 31.2 Å². The maximum absolute atomic E-state index is 12.3. The highest BCUT2D eigenvalue weighted by molar-refractivity contribution is 6.00. The first-order chi connectivity index (χ1) is 14.2. The van der Waals surface area contributed by atoms with Gasteiger partial charge in [-0.15, -0.1) is 0 Å². The van der Waals surface area contributed by atoms with E-state index in [0.717, 1.165) is 5.56 Å². The molecule has 30 heavy (non-hydrogen) atoms. The second-order valence-electron chi connectivity index (χ2n) is 7.16. The van der Waals surface area contributed by atoms with Crippen LogP contribution in [-0.2, 0) is 19.1 Å². The molecule has 9 heteroatoms. The average molecular weight is 411 g/mol. The zero-order valence-corrected chi connectivity index (χ0v) is 16.6. The summed E-state index contributed by atoms with van der Waals surface area (Å²) < 4.78 is 5.05. The summed E-state index contributed by atoms with van der Waals surface area (Å²) in [6.07, 6.45) is 0.0124. The van der Waals surface area contributed by atoms with Crippen LogP contribution < -0.4 is 10.2 Å². The molecule has 3 rings (SSSR count). The van der Waals surface area contributed by atoms with Gasteiger partial charge in [0.2, 0.25) is 5.91 Å². The van der Waals surface area contributed by atoms with E-state index in [1.54, 1.807) is 6.92 Å². The predicted molar refractivity (Wildman–Crippen MR) is 109 cm³/mol. The van der Waals surface area contributed by atoms with Crippen LogP contribution in [0.1, 0.15) is 17.5 Å². The zero-order chi connectivity index (χ0) is 21.8. The van der Waals surface area contributed by atoms with Crippen molar-refractivity contribution in [2.24, 2.45) is 5.92 Å². The van der Waals surface area contributed by atoms with E-state index in [9.17, 15) is 24.5 Å². The first-order valence-electron chi connectivity index (χ1n) is 9.33. The molecular weight excluding hydrogens is 390 g/mol. The average Bonchev–Trinajstić information content (AvgIpc) is 3.09. The Bertz CT molecular complexity index is 1000. The van der Waals surface area contributed by atoms with Gasteiger partial charge in [0.1, 0.15) is 0 Å². The molecule has 1 saturated heterocycles. The lowest BCUT2D eigenvalue weighted by molar-refractivity contribution is -0.385. The highest BCUT2D eigenvalue weighted by Crippen LogP contribution is 2.26. The Hall–Kier alpha value is -3.75. The molecular formula is C21H21N3O6. The number of hydrogen-bond acceptors (Lipinski definition) is 6. The summed E-state index contributed by atoms with van der Waals surface area (Å²) in [6, 6.07) is 11.7. The van der Waals surface area contributed by atoms with Gasteiger partial charge in [0, 0.05) is 36.0 Å². The summed E-state index contributed by atoms with van der Waals surface area (Å²) in [7, 11) is 0. The summed E-state index contributed by atoms with van der Waals surface area (Å²) in [5, 5.41) is 13.4. The van der Waals surface area contributed by atoms with Gasteiger partial charge in [-0.1, -0.05) is 23.8 Å². The fourth-order valence-corrected chi connectivity index (χ4v) is 3.18. The van der Waals surface area contributed by atoms with Crippen molar-refractivity contribution in [2.45, 2.75) is 20.3 Å². The molecule has 0 aromatic heterocycles. The van der Waals surface area contributed by atoms with Crippen LogP contribution in [0.15, 0.2) is 42.5 Å². The minimum Gasteiger partial charge on any atom is -0.455 e. The second-order valence-corrected chi connectivity index (χ2v) is 7.16. The summed E-state index contributed by atoms with van der Waals surface area (Å²) in [4.78, 5) is 48.6. The van der Waals surface area contributed by atoms with Crippen LogP contribution in [0.25, 0.3) is 0 Å². The number of esters is 1. The van der Waals surface area contributed by atoms with Crippen LogP contribution in [0.2, 0.25) is 0 Å². The Labute approximate surface area is 172 Å². The lowest BCUT2D eigenvalue weighted by Gasteiger charge is -2.16. The number of nitro groups is 1. The molecule has 1 heterocycles. The molecule has 0 bridgehead atoms. The second kappa shape index (κ2) is 8.73. The minimum atomic E-state index is -0.660. The number of carbonyl (C=O) groups is 3. The van der Waals surface area contributed by atoms with Crippen molar-refractivity contribution in [1.29, 1.82) is 0 Å². The molecule has 2 amide bonds. The molecule has 0 spiro atoms. The number of anilines is 2. The first kappa shape index (κ1) is 21.0. The topological polar surface area (TPSA) is 119 Å². The number of rotatable bonds is 6. The summed E-state index contributed by atoms with van der Waals surface area (Å²) in [6.45, 7) is 3.17. The summed E-state index contributed by atoms with van der Waals surface area (Å²) in [5.74, 6) is -2.10. The highest BCUT2D eigenvalue weighted by Gasteiger charge is 2.36. The van der Waals surface area contributed by atoms with Gasteiger partial charge >= 0.3 is 5.97 Å². The number of aryl methyl sites for hydroxylation is 2. The summed E-state index contributed by atoms with van der Waals surface area (Å²) >= 11 is 0. The Morgan fingerprint density at radius 2 is 1.90 bits per heavy atom. The van der Waals surface area contributed by atoms with Crippen molar-refractivity contribution in [1.82, 2.24) is 0 Å². The SMILES string of the molecule is Cc1ccc(N2C[C@@H](C(=O)OCC(=O)Nc3ccc(C)c([N+](=O)[O-])c3)CC2=O)cc1. The van der Waals surface area contributed by atoms with E-state index in [-0.39, 0.29) is 30.2 Å². The van der Waals surface area contributed by atoms with Gasteiger partial charge in [0.05, 0.1) is 10.8 Å². The van der Waals surface area contributed by atoms with Gasteiger partial charge in [-0.25, -0.2) is 0 Å². The molecule has 2 aromatic carbocycles. The molecule has 0 saturated carbocycles. The molecule has 1 atom stereocenters. The van der Waals surface area contributed by atoms with Crippen LogP contribution in [0.3, 0.4) is 0 Å². The Kier molecular flexibility index (Phi) is 6.10. The molecule has 1 aliphatic heterocycles. The quantitative estimate of drug-likeness (QED) is 0.443. The Morgan fingerprint density at radius 3 is 2.57 bits per heavy atom. The zero-order valence-electron chi connectivity index (χ0n) is 16.6. The number of carbonyl (C=O) groups excluding carboxylic acids is 3. The van der Waals surface area contributed by atoms with Gasteiger partial charge in [0.15, 0.2) is 6.61 Å². The largest absolute Gasteiger partial charge is 0.455 e. The van der Waals surface area contributed by atoms with Crippen molar-refractivity contribution in [2.75, 3.05) is 23.4 Å². The Morgan fingerprint density at radius 1 is 1.20 bits per heavy atom. The lowest BCUT2D eigenvalue weighted by Crippen LogP contribution is -2.28. The van der Waals surface area contributed by atoms with Crippen LogP contribution >= 0.6 is 0 Å². The first-order valence-corrected chi connectivity index (χ1v) is 9.33.